The number of aromatic nitrogens is 2. The lowest BCUT2D eigenvalue weighted by atomic mass is 9.73. The quantitative estimate of drug-likeness (QED) is 0.681. The predicted molar refractivity (Wildman–Crippen MR) is 110 cm³/mol. The Morgan fingerprint density at radius 2 is 2.00 bits per heavy atom. The van der Waals surface area contributed by atoms with Gasteiger partial charge in [-0.05, 0) is 49.6 Å². The van der Waals surface area contributed by atoms with Gasteiger partial charge in [0.25, 0.3) is 0 Å². The van der Waals surface area contributed by atoms with Crippen molar-refractivity contribution in [2.45, 2.75) is 31.2 Å². The SMILES string of the molecule is CC(NC(=O)C1(c2cccc(F)c2)CCOCC1)c1nc(-c2ccncc2)cs1. The summed E-state index contributed by atoms with van der Waals surface area (Å²) in [7, 11) is 0. The number of benzene rings is 1. The van der Waals surface area contributed by atoms with Crippen molar-refractivity contribution < 1.29 is 13.9 Å². The number of pyridine rings is 1. The fraction of sp³-hybridized carbons (Fsp3) is 0.318. The molecule has 1 N–H and O–H groups in total. The molecule has 1 aromatic carbocycles. The van der Waals surface area contributed by atoms with Crippen LogP contribution in [0.2, 0.25) is 0 Å². The van der Waals surface area contributed by atoms with Gasteiger partial charge in [0.2, 0.25) is 5.91 Å². The molecule has 0 bridgehead atoms. The van der Waals surface area contributed by atoms with Crippen LogP contribution in [0.4, 0.5) is 4.39 Å². The van der Waals surface area contributed by atoms with Crippen molar-refractivity contribution in [3.05, 3.63) is 70.6 Å². The van der Waals surface area contributed by atoms with Crippen LogP contribution in [0.5, 0.6) is 0 Å². The van der Waals surface area contributed by atoms with Crippen molar-refractivity contribution in [1.29, 1.82) is 0 Å². The summed E-state index contributed by atoms with van der Waals surface area (Å²) >= 11 is 1.51. The number of hydrogen-bond donors (Lipinski definition) is 1. The average molecular weight is 412 g/mol. The lowest BCUT2D eigenvalue weighted by Gasteiger charge is -2.37. The number of carbonyl (C=O) groups is 1. The second kappa shape index (κ2) is 8.39. The molecule has 0 spiro atoms. The number of carbonyl (C=O) groups excluding carboxylic acids is 1. The normalized spacial score (nSPS) is 16.9. The molecule has 1 amide bonds. The summed E-state index contributed by atoms with van der Waals surface area (Å²) < 4.78 is 19.4. The summed E-state index contributed by atoms with van der Waals surface area (Å²) in [6, 6.07) is 9.89. The van der Waals surface area contributed by atoms with E-state index in [-0.39, 0.29) is 17.8 Å². The molecule has 29 heavy (non-hydrogen) atoms. The third-order valence-corrected chi connectivity index (χ3v) is 6.40. The molecule has 1 atom stereocenters. The highest BCUT2D eigenvalue weighted by Crippen LogP contribution is 2.36. The number of amides is 1. The standard InChI is InChI=1S/C22H22FN3O2S/c1-15(20-26-19(14-29-20)16-5-9-24-10-6-16)25-21(27)22(7-11-28-12-8-22)17-3-2-4-18(23)13-17/h2-6,9-10,13-15H,7-8,11-12H2,1H3,(H,25,27). The van der Waals surface area contributed by atoms with Crippen LogP contribution in [0.25, 0.3) is 11.3 Å². The van der Waals surface area contributed by atoms with Gasteiger partial charge in [0, 0.05) is 36.6 Å². The minimum Gasteiger partial charge on any atom is -0.381 e. The Hall–Kier alpha value is -2.64. The number of hydrogen-bond acceptors (Lipinski definition) is 5. The van der Waals surface area contributed by atoms with Gasteiger partial charge < -0.3 is 10.1 Å². The van der Waals surface area contributed by atoms with E-state index in [1.165, 1.54) is 23.5 Å². The van der Waals surface area contributed by atoms with Gasteiger partial charge in [-0.1, -0.05) is 12.1 Å². The summed E-state index contributed by atoms with van der Waals surface area (Å²) in [6.45, 7) is 2.87. The molecule has 1 aliphatic heterocycles. The van der Waals surface area contributed by atoms with Gasteiger partial charge in [0.15, 0.2) is 0 Å². The Morgan fingerprint density at radius 1 is 1.24 bits per heavy atom. The molecule has 1 aliphatic rings. The first-order valence-electron chi connectivity index (χ1n) is 9.59. The highest BCUT2D eigenvalue weighted by atomic mass is 32.1. The number of rotatable bonds is 5. The van der Waals surface area contributed by atoms with E-state index in [0.717, 1.165) is 16.3 Å². The Labute approximate surface area is 173 Å². The fourth-order valence-electron chi connectivity index (χ4n) is 3.69. The molecular formula is C22H22FN3O2S. The van der Waals surface area contributed by atoms with Crippen LogP contribution in [-0.2, 0) is 14.9 Å². The molecule has 3 aromatic rings. The molecule has 1 unspecified atom stereocenters. The molecule has 0 aliphatic carbocycles. The van der Waals surface area contributed by atoms with Gasteiger partial charge in [-0.2, -0.15) is 0 Å². The first-order chi connectivity index (χ1) is 14.1. The van der Waals surface area contributed by atoms with Gasteiger partial charge in [-0.15, -0.1) is 11.3 Å². The molecule has 7 heteroatoms. The van der Waals surface area contributed by atoms with Crippen molar-refractivity contribution in [1.82, 2.24) is 15.3 Å². The second-order valence-electron chi connectivity index (χ2n) is 7.21. The van der Waals surface area contributed by atoms with Gasteiger partial charge in [0.1, 0.15) is 10.8 Å². The smallest absolute Gasteiger partial charge is 0.231 e. The molecule has 3 heterocycles. The second-order valence-corrected chi connectivity index (χ2v) is 8.10. The molecule has 5 nitrogen and oxygen atoms in total. The number of nitrogens with zero attached hydrogens (tertiary/aromatic N) is 2. The summed E-state index contributed by atoms with van der Waals surface area (Å²) in [5.41, 5.74) is 1.75. The van der Waals surface area contributed by atoms with Gasteiger partial charge in [-0.25, -0.2) is 9.37 Å². The number of halogens is 1. The molecule has 4 rings (SSSR count). The van der Waals surface area contributed by atoms with E-state index in [0.29, 0.717) is 31.6 Å². The van der Waals surface area contributed by atoms with Gasteiger partial charge >= 0.3 is 0 Å². The van der Waals surface area contributed by atoms with Crippen LogP contribution >= 0.6 is 11.3 Å². The zero-order valence-electron chi connectivity index (χ0n) is 16.1. The third-order valence-electron chi connectivity index (χ3n) is 5.37. The largest absolute Gasteiger partial charge is 0.381 e. The van der Waals surface area contributed by atoms with Crippen molar-refractivity contribution in [2.75, 3.05) is 13.2 Å². The molecule has 1 fully saturated rings. The third kappa shape index (κ3) is 4.06. The summed E-state index contributed by atoms with van der Waals surface area (Å²) in [5.74, 6) is -0.448. The Morgan fingerprint density at radius 3 is 2.72 bits per heavy atom. The van der Waals surface area contributed by atoms with E-state index in [1.54, 1.807) is 18.5 Å². The number of thiazole rings is 1. The first kappa shape index (κ1) is 19.7. The maximum Gasteiger partial charge on any atom is 0.231 e. The molecule has 0 saturated carbocycles. The molecule has 1 saturated heterocycles. The van der Waals surface area contributed by atoms with Crippen LogP contribution in [0, 0.1) is 5.82 Å². The van der Waals surface area contributed by atoms with Crippen molar-refractivity contribution in [3.63, 3.8) is 0 Å². The fourth-order valence-corrected chi connectivity index (χ4v) is 4.53. The van der Waals surface area contributed by atoms with Crippen LogP contribution in [0.15, 0.2) is 54.2 Å². The topological polar surface area (TPSA) is 64.1 Å². The Balaban J connectivity index is 1.56. The summed E-state index contributed by atoms with van der Waals surface area (Å²) in [5, 5.41) is 5.91. The zero-order valence-corrected chi connectivity index (χ0v) is 16.9. The van der Waals surface area contributed by atoms with E-state index in [4.69, 9.17) is 4.74 Å². The predicted octanol–water partition coefficient (Wildman–Crippen LogP) is 4.27. The summed E-state index contributed by atoms with van der Waals surface area (Å²) in [4.78, 5) is 22.1. The summed E-state index contributed by atoms with van der Waals surface area (Å²) in [6.07, 6.45) is 4.51. The molecule has 2 aromatic heterocycles. The van der Waals surface area contributed by atoms with Crippen molar-refractivity contribution in [3.8, 4) is 11.3 Å². The van der Waals surface area contributed by atoms with Crippen molar-refractivity contribution in [2.24, 2.45) is 0 Å². The lowest BCUT2D eigenvalue weighted by Crippen LogP contribution is -2.48. The highest BCUT2D eigenvalue weighted by Gasteiger charge is 2.42. The molecular weight excluding hydrogens is 389 g/mol. The lowest BCUT2D eigenvalue weighted by molar-refractivity contribution is -0.131. The first-order valence-corrected chi connectivity index (χ1v) is 10.5. The van der Waals surface area contributed by atoms with Gasteiger partial charge in [-0.3, -0.25) is 9.78 Å². The van der Waals surface area contributed by atoms with Crippen LogP contribution < -0.4 is 5.32 Å². The molecule has 150 valence electrons. The zero-order chi connectivity index (χ0) is 20.3. The average Bonchev–Trinajstić information content (AvgIpc) is 3.25. The van der Waals surface area contributed by atoms with E-state index in [2.05, 4.69) is 15.3 Å². The minimum absolute atomic E-state index is 0.112. The van der Waals surface area contributed by atoms with Crippen LogP contribution in [-0.4, -0.2) is 29.1 Å². The van der Waals surface area contributed by atoms with Gasteiger partial charge in [0.05, 0.1) is 17.2 Å². The Kier molecular flexibility index (Phi) is 5.69. The number of ether oxygens (including phenoxy) is 1. The molecule has 0 radical (unpaired) electrons. The maximum absolute atomic E-state index is 13.9. The van der Waals surface area contributed by atoms with Crippen molar-refractivity contribution >= 4 is 17.2 Å². The monoisotopic (exact) mass is 411 g/mol. The van der Waals surface area contributed by atoms with E-state index in [1.807, 2.05) is 30.5 Å². The highest BCUT2D eigenvalue weighted by molar-refractivity contribution is 7.10. The van der Waals surface area contributed by atoms with Crippen LogP contribution in [0.3, 0.4) is 0 Å². The minimum atomic E-state index is -0.792. The van der Waals surface area contributed by atoms with E-state index >= 15 is 0 Å². The maximum atomic E-state index is 13.9. The van der Waals surface area contributed by atoms with E-state index < -0.39 is 5.41 Å². The Bertz CT molecular complexity index is 986. The van der Waals surface area contributed by atoms with Crippen LogP contribution in [0.1, 0.15) is 36.4 Å². The van der Waals surface area contributed by atoms with E-state index in [9.17, 15) is 9.18 Å². The number of nitrogens with one attached hydrogen (secondary N) is 1.